The quantitative estimate of drug-likeness (QED) is 0.834. The Morgan fingerprint density at radius 3 is 3.06 bits per heavy atom. The van der Waals surface area contributed by atoms with E-state index in [2.05, 4.69) is 6.92 Å². The van der Waals surface area contributed by atoms with Gasteiger partial charge < -0.3 is 9.47 Å². The van der Waals surface area contributed by atoms with Crippen molar-refractivity contribution in [1.29, 1.82) is 0 Å². The molecule has 3 nitrogen and oxygen atoms in total. The van der Waals surface area contributed by atoms with E-state index in [1.165, 1.54) is 0 Å². The van der Waals surface area contributed by atoms with Gasteiger partial charge in [-0.05, 0) is 18.6 Å². The Kier molecular flexibility index (Phi) is 5.03. The SMILES string of the molecule is CCCCS(=O)Cc1cc(Cl)cc2c1OCOC2. The Morgan fingerprint density at radius 2 is 2.28 bits per heavy atom. The van der Waals surface area contributed by atoms with E-state index in [1.807, 2.05) is 12.1 Å². The van der Waals surface area contributed by atoms with Crippen LogP contribution < -0.4 is 4.74 Å². The van der Waals surface area contributed by atoms with Gasteiger partial charge in [0.25, 0.3) is 0 Å². The summed E-state index contributed by atoms with van der Waals surface area (Å²) < 4.78 is 22.7. The summed E-state index contributed by atoms with van der Waals surface area (Å²) in [5.41, 5.74) is 1.87. The van der Waals surface area contributed by atoms with E-state index in [1.54, 1.807) is 0 Å². The molecular weight excluding hydrogens is 272 g/mol. The van der Waals surface area contributed by atoms with Gasteiger partial charge in [-0.3, -0.25) is 4.21 Å². The molecular formula is C13H17ClO3S. The Labute approximate surface area is 115 Å². The summed E-state index contributed by atoms with van der Waals surface area (Å²) in [6.45, 7) is 2.85. The van der Waals surface area contributed by atoms with Gasteiger partial charge in [0.1, 0.15) is 5.75 Å². The summed E-state index contributed by atoms with van der Waals surface area (Å²) in [4.78, 5) is 0. The van der Waals surface area contributed by atoms with Crippen LogP contribution in [0.5, 0.6) is 5.75 Å². The molecule has 0 N–H and O–H groups in total. The maximum absolute atomic E-state index is 11.9. The predicted molar refractivity (Wildman–Crippen MR) is 73.4 cm³/mol. The molecule has 1 heterocycles. The molecule has 0 bridgehead atoms. The van der Waals surface area contributed by atoms with Crippen molar-refractivity contribution < 1.29 is 13.7 Å². The van der Waals surface area contributed by atoms with Crippen LogP contribution >= 0.6 is 11.6 Å². The Hall–Kier alpha value is -0.580. The maximum atomic E-state index is 11.9. The first-order valence-corrected chi connectivity index (χ1v) is 7.94. The molecule has 1 atom stereocenters. The lowest BCUT2D eigenvalue weighted by Gasteiger charge is -2.21. The lowest BCUT2D eigenvalue weighted by molar-refractivity contribution is -0.0168. The molecule has 1 aliphatic heterocycles. The van der Waals surface area contributed by atoms with Crippen LogP contribution in [0.15, 0.2) is 12.1 Å². The normalized spacial score (nSPS) is 15.9. The molecule has 0 aromatic heterocycles. The van der Waals surface area contributed by atoms with Crippen LogP contribution in [0.2, 0.25) is 5.02 Å². The van der Waals surface area contributed by atoms with E-state index in [0.29, 0.717) is 17.4 Å². The molecule has 1 aromatic rings. The summed E-state index contributed by atoms with van der Waals surface area (Å²) in [5, 5.41) is 0.644. The summed E-state index contributed by atoms with van der Waals surface area (Å²) >= 11 is 6.06. The van der Waals surface area contributed by atoms with Crippen LogP contribution in [0.25, 0.3) is 0 Å². The molecule has 0 spiro atoms. The molecule has 18 heavy (non-hydrogen) atoms. The van der Waals surface area contributed by atoms with E-state index in [4.69, 9.17) is 21.1 Å². The number of hydrogen-bond acceptors (Lipinski definition) is 3. The monoisotopic (exact) mass is 288 g/mol. The van der Waals surface area contributed by atoms with Gasteiger partial charge in [-0.15, -0.1) is 0 Å². The lowest BCUT2D eigenvalue weighted by Crippen LogP contribution is -2.14. The van der Waals surface area contributed by atoms with Crippen molar-refractivity contribution in [3.05, 3.63) is 28.3 Å². The smallest absolute Gasteiger partial charge is 0.189 e. The highest BCUT2D eigenvalue weighted by molar-refractivity contribution is 7.84. The Morgan fingerprint density at radius 1 is 1.44 bits per heavy atom. The molecule has 0 amide bonds. The fraction of sp³-hybridized carbons (Fsp3) is 0.538. The number of benzene rings is 1. The third-order valence-electron chi connectivity index (χ3n) is 2.79. The molecule has 1 aromatic carbocycles. The average Bonchev–Trinajstić information content (AvgIpc) is 2.36. The minimum absolute atomic E-state index is 0.253. The van der Waals surface area contributed by atoms with Crippen molar-refractivity contribution in [2.24, 2.45) is 0 Å². The molecule has 0 saturated carbocycles. The highest BCUT2D eigenvalue weighted by Gasteiger charge is 2.17. The second-order valence-corrected chi connectivity index (χ2v) is 6.32. The minimum Gasteiger partial charge on any atom is -0.467 e. The van der Waals surface area contributed by atoms with Gasteiger partial charge in [0, 0.05) is 32.7 Å². The van der Waals surface area contributed by atoms with E-state index >= 15 is 0 Å². The van der Waals surface area contributed by atoms with Crippen LogP contribution in [0.4, 0.5) is 0 Å². The molecule has 0 radical (unpaired) electrons. The fourth-order valence-electron chi connectivity index (χ4n) is 1.91. The Balaban J connectivity index is 2.16. The number of fused-ring (bicyclic) bond motifs is 1. The number of rotatable bonds is 5. The molecule has 0 saturated heterocycles. The largest absolute Gasteiger partial charge is 0.467 e. The zero-order chi connectivity index (χ0) is 13.0. The molecule has 5 heteroatoms. The van der Waals surface area contributed by atoms with Gasteiger partial charge in [0.15, 0.2) is 6.79 Å². The minimum atomic E-state index is -0.857. The first-order chi connectivity index (χ1) is 8.70. The van der Waals surface area contributed by atoms with Crippen LogP contribution in [0.3, 0.4) is 0 Å². The zero-order valence-corrected chi connectivity index (χ0v) is 12.0. The number of hydrogen-bond donors (Lipinski definition) is 0. The molecule has 2 rings (SSSR count). The number of unbranched alkanes of at least 4 members (excludes halogenated alkanes) is 1. The highest BCUT2D eigenvalue weighted by Crippen LogP contribution is 2.32. The van der Waals surface area contributed by atoms with E-state index < -0.39 is 10.8 Å². The summed E-state index contributed by atoms with van der Waals surface area (Å²) in [6.07, 6.45) is 2.04. The predicted octanol–water partition coefficient (Wildman–Crippen LogP) is 3.26. The summed E-state index contributed by atoms with van der Waals surface area (Å²) in [7, 11) is -0.857. The third-order valence-corrected chi connectivity index (χ3v) is 4.39. The van der Waals surface area contributed by atoms with Gasteiger partial charge in [-0.25, -0.2) is 0 Å². The molecule has 100 valence electrons. The third kappa shape index (κ3) is 3.46. The number of halogens is 1. The highest BCUT2D eigenvalue weighted by atomic mass is 35.5. The first-order valence-electron chi connectivity index (χ1n) is 6.07. The topological polar surface area (TPSA) is 35.5 Å². The van der Waals surface area contributed by atoms with Crippen LogP contribution in [-0.4, -0.2) is 16.8 Å². The second-order valence-electron chi connectivity index (χ2n) is 4.31. The lowest BCUT2D eigenvalue weighted by atomic mass is 10.1. The van der Waals surface area contributed by atoms with Crippen LogP contribution in [0.1, 0.15) is 30.9 Å². The summed E-state index contributed by atoms with van der Waals surface area (Å²) in [6, 6.07) is 3.68. The fourth-order valence-corrected chi connectivity index (χ4v) is 3.49. The summed E-state index contributed by atoms with van der Waals surface area (Å²) in [5.74, 6) is 2.03. The van der Waals surface area contributed by atoms with Gasteiger partial charge in [0.2, 0.25) is 0 Å². The van der Waals surface area contributed by atoms with Crippen molar-refractivity contribution in [2.75, 3.05) is 12.5 Å². The van der Waals surface area contributed by atoms with Gasteiger partial charge in [0.05, 0.1) is 12.4 Å². The number of ether oxygens (including phenoxy) is 2. The zero-order valence-electron chi connectivity index (χ0n) is 10.4. The molecule has 1 aliphatic rings. The van der Waals surface area contributed by atoms with E-state index in [-0.39, 0.29) is 6.79 Å². The standard InChI is InChI=1S/C13H17ClO3S/c1-2-3-4-18(15)8-11-6-12(14)5-10-7-16-9-17-13(10)11/h5-6H,2-4,7-9H2,1H3. The molecule has 1 unspecified atom stereocenters. The van der Waals surface area contributed by atoms with E-state index in [9.17, 15) is 4.21 Å². The second kappa shape index (κ2) is 6.55. The van der Waals surface area contributed by atoms with Gasteiger partial charge in [-0.2, -0.15) is 0 Å². The molecule has 0 aliphatic carbocycles. The molecule has 0 fully saturated rings. The van der Waals surface area contributed by atoms with Crippen molar-refractivity contribution in [1.82, 2.24) is 0 Å². The first kappa shape index (κ1) is 13.8. The maximum Gasteiger partial charge on any atom is 0.189 e. The Bertz CT molecular complexity index is 448. The van der Waals surface area contributed by atoms with Crippen molar-refractivity contribution in [2.45, 2.75) is 32.1 Å². The van der Waals surface area contributed by atoms with Crippen LogP contribution in [0, 0.1) is 0 Å². The van der Waals surface area contributed by atoms with Crippen LogP contribution in [-0.2, 0) is 27.9 Å². The van der Waals surface area contributed by atoms with Gasteiger partial charge in [-0.1, -0.05) is 24.9 Å². The van der Waals surface area contributed by atoms with Crippen molar-refractivity contribution in [3.8, 4) is 5.75 Å². The average molecular weight is 289 g/mol. The van der Waals surface area contributed by atoms with Gasteiger partial charge >= 0.3 is 0 Å². The van der Waals surface area contributed by atoms with Crippen molar-refractivity contribution in [3.63, 3.8) is 0 Å². The van der Waals surface area contributed by atoms with Crippen molar-refractivity contribution >= 4 is 22.4 Å². The van der Waals surface area contributed by atoms with E-state index in [0.717, 1.165) is 35.5 Å².